The summed E-state index contributed by atoms with van der Waals surface area (Å²) < 4.78 is 26.8. The van der Waals surface area contributed by atoms with Crippen molar-refractivity contribution in [3.63, 3.8) is 0 Å². The first kappa shape index (κ1) is 18.5. The lowest BCUT2D eigenvalue weighted by Gasteiger charge is -2.10. The van der Waals surface area contributed by atoms with E-state index in [4.69, 9.17) is 0 Å². The summed E-state index contributed by atoms with van der Waals surface area (Å²) in [6.07, 6.45) is 1.60. The van der Waals surface area contributed by atoms with E-state index in [2.05, 4.69) is 20.2 Å². The Morgan fingerprint density at radius 1 is 1.25 bits per heavy atom. The molecule has 0 unspecified atom stereocenters. The van der Waals surface area contributed by atoms with Gasteiger partial charge in [-0.2, -0.15) is 0 Å². The number of amides is 1. The van der Waals surface area contributed by atoms with Crippen LogP contribution in [0.4, 0.5) is 5.13 Å². The predicted molar refractivity (Wildman–Crippen MR) is 93.7 cm³/mol. The number of hydrogen-bond acceptors (Lipinski definition) is 6. The summed E-state index contributed by atoms with van der Waals surface area (Å²) in [6.45, 7) is 5.70. The molecular formula is C15H20N4O3S2. The first-order valence-corrected chi connectivity index (χ1v) is 9.85. The van der Waals surface area contributed by atoms with Crippen LogP contribution in [0.3, 0.4) is 0 Å². The Morgan fingerprint density at radius 3 is 2.54 bits per heavy atom. The van der Waals surface area contributed by atoms with Gasteiger partial charge in [0.1, 0.15) is 0 Å². The summed E-state index contributed by atoms with van der Waals surface area (Å²) in [5.74, 6) is -0.359. The lowest BCUT2D eigenvalue weighted by atomic mass is 10.1. The standard InChI is InChI=1S/C15H20N4O3S2/c1-4-5-11(3)19-24(21,22)15-18-17-14(23-15)16-13(20)12-8-6-10(2)7-9-12/h6-9,11,19H,4-5H2,1-3H3,(H,16,17,20)/t11-/m1/s1. The minimum Gasteiger partial charge on any atom is -0.296 e. The van der Waals surface area contributed by atoms with Crippen LogP contribution in [0.2, 0.25) is 0 Å². The first-order chi connectivity index (χ1) is 11.3. The number of carbonyl (C=O) groups is 1. The first-order valence-electron chi connectivity index (χ1n) is 7.55. The van der Waals surface area contributed by atoms with Crippen molar-refractivity contribution in [3.8, 4) is 0 Å². The van der Waals surface area contributed by atoms with Crippen molar-refractivity contribution < 1.29 is 13.2 Å². The molecule has 24 heavy (non-hydrogen) atoms. The van der Waals surface area contributed by atoms with E-state index in [0.29, 0.717) is 5.56 Å². The molecule has 1 heterocycles. The van der Waals surface area contributed by atoms with Crippen LogP contribution in [0.5, 0.6) is 0 Å². The van der Waals surface area contributed by atoms with Crippen LogP contribution in [0.25, 0.3) is 0 Å². The molecule has 0 fully saturated rings. The van der Waals surface area contributed by atoms with E-state index in [0.717, 1.165) is 29.7 Å². The van der Waals surface area contributed by atoms with E-state index < -0.39 is 10.0 Å². The molecule has 2 rings (SSSR count). The van der Waals surface area contributed by atoms with Crippen molar-refractivity contribution in [3.05, 3.63) is 35.4 Å². The zero-order chi connectivity index (χ0) is 17.7. The fraction of sp³-hybridized carbons (Fsp3) is 0.400. The van der Waals surface area contributed by atoms with Gasteiger partial charge in [0.2, 0.25) is 9.47 Å². The van der Waals surface area contributed by atoms with Gasteiger partial charge in [-0.25, -0.2) is 13.1 Å². The molecular weight excluding hydrogens is 348 g/mol. The molecule has 0 bridgehead atoms. The predicted octanol–water partition coefficient (Wildman–Crippen LogP) is 2.57. The topological polar surface area (TPSA) is 101 Å². The fourth-order valence-electron chi connectivity index (χ4n) is 2.05. The number of carbonyl (C=O) groups excluding carboxylic acids is 1. The summed E-state index contributed by atoms with van der Waals surface area (Å²) in [5, 5.41) is 10.1. The number of hydrogen-bond donors (Lipinski definition) is 2. The largest absolute Gasteiger partial charge is 0.296 e. The average Bonchev–Trinajstić information content (AvgIpc) is 2.97. The van der Waals surface area contributed by atoms with E-state index in [-0.39, 0.29) is 21.4 Å². The SMILES string of the molecule is CCC[C@@H](C)NS(=O)(=O)c1nnc(NC(=O)c2ccc(C)cc2)s1. The number of nitrogens with zero attached hydrogens (tertiary/aromatic N) is 2. The van der Waals surface area contributed by atoms with Crippen molar-refractivity contribution in [2.24, 2.45) is 0 Å². The minimum atomic E-state index is -3.72. The van der Waals surface area contributed by atoms with E-state index in [1.54, 1.807) is 19.1 Å². The maximum absolute atomic E-state index is 12.2. The van der Waals surface area contributed by atoms with Crippen molar-refractivity contribution >= 4 is 32.4 Å². The van der Waals surface area contributed by atoms with Gasteiger partial charge >= 0.3 is 0 Å². The zero-order valence-corrected chi connectivity index (χ0v) is 15.4. The van der Waals surface area contributed by atoms with E-state index >= 15 is 0 Å². The number of aryl methyl sites for hydroxylation is 1. The molecule has 130 valence electrons. The molecule has 0 aliphatic rings. The van der Waals surface area contributed by atoms with Gasteiger partial charge in [-0.3, -0.25) is 10.1 Å². The van der Waals surface area contributed by atoms with E-state index in [9.17, 15) is 13.2 Å². The van der Waals surface area contributed by atoms with Crippen molar-refractivity contribution in [2.45, 2.75) is 44.0 Å². The van der Waals surface area contributed by atoms with Crippen LogP contribution in [0.1, 0.15) is 42.6 Å². The molecule has 9 heteroatoms. The van der Waals surface area contributed by atoms with E-state index in [1.807, 2.05) is 26.0 Å². The molecule has 0 saturated heterocycles. The van der Waals surface area contributed by atoms with Gasteiger partial charge in [-0.15, -0.1) is 10.2 Å². The molecule has 0 aliphatic carbocycles. The number of rotatable bonds is 7. The highest BCUT2D eigenvalue weighted by Gasteiger charge is 2.22. The van der Waals surface area contributed by atoms with Crippen LogP contribution in [-0.4, -0.2) is 30.6 Å². The van der Waals surface area contributed by atoms with Gasteiger partial charge < -0.3 is 0 Å². The molecule has 1 aromatic carbocycles. The van der Waals surface area contributed by atoms with Gasteiger partial charge in [0.25, 0.3) is 15.9 Å². The summed E-state index contributed by atoms with van der Waals surface area (Å²) in [4.78, 5) is 12.1. The number of benzene rings is 1. The van der Waals surface area contributed by atoms with E-state index in [1.165, 1.54) is 0 Å². The second kappa shape index (κ2) is 7.82. The molecule has 0 saturated carbocycles. The molecule has 0 radical (unpaired) electrons. The molecule has 1 aromatic heterocycles. The normalized spacial score (nSPS) is 12.8. The highest BCUT2D eigenvalue weighted by Crippen LogP contribution is 2.21. The van der Waals surface area contributed by atoms with Crippen LogP contribution in [-0.2, 0) is 10.0 Å². The number of anilines is 1. The van der Waals surface area contributed by atoms with Crippen molar-refractivity contribution in [1.29, 1.82) is 0 Å². The molecule has 0 aliphatic heterocycles. The second-order valence-electron chi connectivity index (χ2n) is 5.50. The van der Waals surface area contributed by atoms with Gasteiger partial charge in [0.15, 0.2) is 0 Å². The van der Waals surface area contributed by atoms with Gasteiger partial charge in [-0.1, -0.05) is 42.4 Å². The zero-order valence-electron chi connectivity index (χ0n) is 13.7. The summed E-state index contributed by atoms with van der Waals surface area (Å²) in [6, 6.07) is 6.84. The Hall–Kier alpha value is -1.84. The fourth-order valence-corrected chi connectivity index (χ4v) is 4.24. The van der Waals surface area contributed by atoms with Gasteiger partial charge in [-0.05, 0) is 32.4 Å². The molecule has 0 spiro atoms. The van der Waals surface area contributed by atoms with Crippen molar-refractivity contribution in [2.75, 3.05) is 5.32 Å². The summed E-state index contributed by atoms with van der Waals surface area (Å²) in [7, 11) is -3.72. The Bertz CT molecular complexity index is 800. The Balaban J connectivity index is 2.07. The number of sulfonamides is 1. The average molecular weight is 368 g/mol. The lowest BCUT2D eigenvalue weighted by molar-refractivity contribution is 0.102. The quantitative estimate of drug-likeness (QED) is 0.732. The number of nitrogens with one attached hydrogen (secondary N) is 2. The maximum Gasteiger partial charge on any atom is 0.270 e. The summed E-state index contributed by atoms with van der Waals surface area (Å²) >= 11 is 0.821. The smallest absolute Gasteiger partial charge is 0.270 e. The third-order valence-electron chi connectivity index (χ3n) is 3.25. The summed E-state index contributed by atoms with van der Waals surface area (Å²) in [5.41, 5.74) is 1.51. The van der Waals surface area contributed by atoms with Gasteiger partial charge in [0.05, 0.1) is 0 Å². The second-order valence-corrected chi connectivity index (χ2v) is 8.37. The highest BCUT2D eigenvalue weighted by atomic mass is 32.2. The van der Waals surface area contributed by atoms with Crippen LogP contribution in [0, 0.1) is 6.92 Å². The maximum atomic E-state index is 12.2. The number of aromatic nitrogens is 2. The van der Waals surface area contributed by atoms with Crippen LogP contribution >= 0.6 is 11.3 Å². The van der Waals surface area contributed by atoms with Crippen molar-refractivity contribution in [1.82, 2.24) is 14.9 Å². The monoisotopic (exact) mass is 368 g/mol. The third kappa shape index (κ3) is 4.83. The Kier molecular flexibility index (Phi) is 6.03. The molecule has 2 N–H and O–H groups in total. The minimum absolute atomic E-state index is 0.143. The third-order valence-corrected chi connectivity index (χ3v) is 6.04. The molecule has 2 aromatic rings. The molecule has 1 amide bonds. The van der Waals surface area contributed by atoms with Crippen LogP contribution < -0.4 is 10.0 Å². The lowest BCUT2D eigenvalue weighted by Crippen LogP contribution is -2.32. The Morgan fingerprint density at radius 2 is 1.92 bits per heavy atom. The molecule has 1 atom stereocenters. The highest BCUT2D eigenvalue weighted by molar-refractivity contribution is 7.91. The van der Waals surface area contributed by atoms with Crippen LogP contribution in [0.15, 0.2) is 28.6 Å². The molecule has 7 nitrogen and oxygen atoms in total. The Labute approximate surface area is 145 Å². The van der Waals surface area contributed by atoms with Gasteiger partial charge in [0, 0.05) is 11.6 Å².